The summed E-state index contributed by atoms with van der Waals surface area (Å²) in [6.07, 6.45) is 2.47. The quantitative estimate of drug-likeness (QED) is 0.809. The maximum atomic E-state index is 13.3. The Hall–Kier alpha value is -1.80. The molecule has 1 aliphatic carbocycles. The van der Waals surface area contributed by atoms with Crippen LogP contribution < -0.4 is 5.73 Å². The molecule has 0 aliphatic heterocycles. The van der Waals surface area contributed by atoms with E-state index in [0.29, 0.717) is 0 Å². The lowest BCUT2D eigenvalue weighted by molar-refractivity contribution is 0.0890. The van der Waals surface area contributed by atoms with Crippen LogP contribution in [-0.2, 0) is 0 Å². The zero-order valence-corrected chi connectivity index (χ0v) is 10.1. The summed E-state index contributed by atoms with van der Waals surface area (Å²) >= 11 is 5.82. The number of nitrogen functional groups attached to an aromatic ring is 1. The highest BCUT2D eigenvalue weighted by Gasteiger charge is 2.63. The summed E-state index contributed by atoms with van der Waals surface area (Å²) in [7, 11) is 0. The Bertz CT molecular complexity index is 699. The van der Waals surface area contributed by atoms with Crippen molar-refractivity contribution < 1.29 is 13.9 Å². The van der Waals surface area contributed by atoms with Gasteiger partial charge < -0.3 is 10.8 Å². The molecule has 0 aromatic carbocycles. The summed E-state index contributed by atoms with van der Waals surface area (Å²) in [4.78, 5) is 11.6. The number of fused-ring (bicyclic) bond motifs is 1. The first-order chi connectivity index (χ1) is 8.95. The molecule has 0 bridgehead atoms. The molecule has 2 heterocycles. The largest absolute Gasteiger partial charge is 0.395 e. The number of hydrogen-bond acceptors (Lipinski definition) is 5. The third-order valence-corrected chi connectivity index (χ3v) is 3.24. The van der Waals surface area contributed by atoms with E-state index < -0.39 is 18.4 Å². The number of alkyl halides is 2. The number of rotatable bonds is 2. The Labute approximate surface area is 110 Å². The maximum Gasteiger partial charge on any atom is 0.280 e. The summed E-state index contributed by atoms with van der Waals surface area (Å²) in [5.74, 6) is -4.22. The molecule has 0 spiro atoms. The highest BCUT2D eigenvalue weighted by atomic mass is 35.5. The Morgan fingerprint density at radius 2 is 2.26 bits per heavy atom. The van der Waals surface area contributed by atoms with E-state index >= 15 is 0 Å². The minimum Gasteiger partial charge on any atom is -0.395 e. The van der Waals surface area contributed by atoms with Gasteiger partial charge in [-0.3, -0.25) is 4.57 Å². The lowest BCUT2D eigenvalue weighted by Crippen LogP contribution is -1.97. The first kappa shape index (κ1) is 12.2. The van der Waals surface area contributed by atoms with Crippen LogP contribution in [0.3, 0.4) is 0 Å². The number of aromatic nitrogens is 4. The van der Waals surface area contributed by atoms with E-state index in [2.05, 4.69) is 15.0 Å². The van der Waals surface area contributed by atoms with Crippen LogP contribution in [0.4, 0.5) is 14.7 Å². The Morgan fingerprint density at radius 1 is 1.53 bits per heavy atom. The molecule has 9 heteroatoms. The smallest absolute Gasteiger partial charge is 0.280 e. The fourth-order valence-electron chi connectivity index (χ4n) is 1.89. The van der Waals surface area contributed by atoms with E-state index in [1.165, 1.54) is 17.1 Å². The van der Waals surface area contributed by atoms with Crippen molar-refractivity contribution in [1.82, 2.24) is 19.5 Å². The van der Waals surface area contributed by atoms with Crippen molar-refractivity contribution in [3.63, 3.8) is 0 Å². The van der Waals surface area contributed by atoms with Gasteiger partial charge in [-0.15, -0.1) is 0 Å². The number of imidazole rings is 1. The van der Waals surface area contributed by atoms with Crippen LogP contribution in [0.2, 0.25) is 5.15 Å². The van der Waals surface area contributed by atoms with Crippen LogP contribution in [-0.4, -0.2) is 37.2 Å². The van der Waals surface area contributed by atoms with Crippen LogP contribution in [0.5, 0.6) is 0 Å². The Morgan fingerprint density at radius 3 is 2.89 bits per heavy atom. The van der Waals surface area contributed by atoms with Crippen LogP contribution >= 0.6 is 11.6 Å². The molecule has 3 N–H and O–H groups in total. The van der Waals surface area contributed by atoms with Crippen molar-refractivity contribution in [3.05, 3.63) is 17.1 Å². The van der Waals surface area contributed by atoms with Gasteiger partial charge in [-0.25, -0.2) is 13.8 Å². The highest BCUT2D eigenvalue weighted by Crippen LogP contribution is 2.54. The zero-order valence-electron chi connectivity index (χ0n) is 9.39. The highest BCUT2D eigenvalue weighted by molar-refractivity contribution is 6.33. The van der Waals surface area contributed by atoms with Gasteiger partial charge in [0.25, 0.3) is 5.92 Å². The third-order valence-electron chi connectivity index (χ3n) is 2.97. The molecule has 2 aromatic heterocycles. The SMILES string of the molecule is Nc1nc(Cl)c2ncn(/C=C3/C(CO)C3(F)F)c2n1. The fourth-order valence-corrected chi connectivity index (χ4v) is 2.11. The first-order valence-corrected chi connectivity index (χ1v) is 5.69. The van der Waals surface area contributed by atoms with Crippen molar-refractivity contribution in [2.45, 2.75) is 5.92 Å². The number of aliphatic hydroxyl groups excluding tert-OH is 1. The van der Waals surface area contributed by atoms with E-state index in [4.69, 9.17) is 22.4 Å². The molecular weight excluding hydrogens is 280 g/mol. The average molecular weight is 288 g/mol. The fraction of sp³-hybridized carbons (Fsp3) is 0.300. The van der Waals surface area contributed by atoms with Gasteiger partial charge in [-0.05, 0) is 0 Å². The second-order valence-electron chi connectivity index (χ2n) is 4.14. The monoisotopic (exact) mass is 287 g/mol. The van der Waals surface area contributed by atoms with Gasteiger partial charge in [-0.2, -0.15) is 9.97 Å². The van der Waals surface area contributed by atoms with Crippen LogP contribution in [0.15, 0.2) is 11.9 Å². The second kappa shape index (κ2) is 3.84. The van der Waals surface area contributed by atoms with Crippen molar-refractivity contribution >= 4 is 34.9 Å². The van der Waals surface area contributed by atoms with Gasteiger partial charge in [-0.1, -0.05) is 11.6 Å². The van der Waals surface area contributed by atoms with Crippen molar-refractivity contribution in [3.8, 4) is 0 Å². The summed E-state index contributed by atoms with van der Waals surface area (Å²) in [6.45, 7) is -0.608. The minimum atomic E-state index is -2.99. The third kappa shape index (κ3) is 1.75. The molecule has 19 heavy (non-hydrogen) atoms. The van der Waals surface area contributed by atoms with E-state index in [1.54, 1.807) is 0 Å². The number of anilines is 1. The van der Waals surface area contributed by atoms with E-state index in [9.17, 15) is 8.78 Å². The van der Waals surface area contributed by atoms with Crippen molar-refractivity contribution in [2.75, 3.05) is 12.3 Å². The van der Waals surface area contributed by atoms with Crippen LogP contribution in [0.25, 0.3) is 17.4 Å². The molecule has 1 fully saturated rings. The van der Waals surface area contributed by atoms with E-state index in [0.717, 1.165) is 0 Å². The van der Waals surface area contributed by atoms with Gasteiger partial charge in [0, 0.05) is 11.8 Å². The van der Waals surface area contributed by atoms with Crippen LogP contribution in [0, 0.1) is 5.92 Å². The maximum absolute atomic E-state index is 13.3. The standard InChI is InChI=1S/C10H8ClF2N5O/c11-7-6-8(17-9(14)16-7)18(3-15-6)1-4-5(2-19)10(4,12)13/h1,3,5,19H,2H2,(H2,14,16,17)/b4-1-. The summed E-state index contributed by atoms with van der Waals surface area (Å²) in [6, 6.07) is 0. The lowest BCUT2D eigenvalue weighted by atomic mass is 10.4. The molecule has 3 rings (SSSR count). The molecule has 0 amide bonds. The molecule has 1 atom stereocenters. The topological polar surface area (TPSA) is 89.8 Å². The molecule has 6 nitrogen and oxygen atoms in total. The molecule has 1 saturated carbocycles. The van der Waals surface area contributed by atoms with Gasteiger partial charge in [0.1, 0.15) is 11.8 Å². The predicted octanol–water partition coefficient (Wildman–Crippen LogP) is 1.16. The van der Waals surface area contributed by atoms with Gasteiger partial charge in [0.15, 0.2) is 10.8 Å². The summed E-state index contributed by atoms with van der Waals surface area (Å²) < 4.78 is 27.8. The van der Waals surface area contributed by atoms with Gasteiger partial charge in [0.2, 0.25) is 5.95 Å². The first-order valence-electron chi connectivity index (χ1n) is 5.31. The van der Waals surface area contributed by atoms with E-state index in [-0.39, 0.29) is 27.8 Å². The van der Waals surface area contributed by atoms with Crippen molar-refractivity contribution in [1.29, 1.82) is 0 Å². The average Bonchev–Trinajstić information content (AvgIpc) is 2.67. The number of halogens is 3. The predicted molar refractivity (Wildman–Crippen MR) is 64.5 cm³/mol. The number of nitrogens with zero attached hydrogens (tertiary/aromatic N) is 4. The lowest BCUT2D eigenvalue weighted by Gasteiger charge is -1.97. The normalized spacial score (nSPS) is 23.2. The number of hydrogen-bond donors (Lipinski definition) is 2. The molecule has 1 unspecified atom stereocenters. The van der Waals surface area contributed by atoms with E-state index in [1.807, 2.05) is 0 Å². The number of aliphatic hydroxyl groups is 1. The minimum absolute atomic E-state index is 0.0564. The molecule has 0 saturated heterocycles. The Balaban J connectivity index is 2.11. The second-order valence-corrected chi connectivity index (χ2v) is 4.50. The molecule has 2 aromatic rings. The zero-order chi connectivity index (χ0) is 13.8. The van der Waals surface area contributed by atoms with Gasteiger partial charge >= 0.3 is 0 Å². The van der Waals surface area contributed by atoms with Crippen LogP contribution in [0.1, 0.15) is 0 Å². The molecule has 100 valence electrons. The summed E-state index contributed by atoms with van der Waals surface area (Å²) in [5.41, 5.74) is 5.79. The molecular formula is C10H8ClF2N5O. The molecule has 0 radical (unpaired) electrons. The molecule has 1 aliphatic rings. The Kier molecular flexibility index (Phi) is 2.48. The number of nitrogens with two attached hydrogens (primary N) is 1. The van der Waals surface area contributed by atoms with Gasteiger partial charge in [0.05, 0.1) is 12.5 Å². The summed E-state index contributed by atoms with van der Waals surface area (Å²) in [5, 5.41) is 8.89. The van der Waals surface area contributed by atoms with Crippen molar-refractivity contribution in [2.24, 2.45) is 5.92 Å².